The van der Waals surface area contributed by atoms with Crippen molar-refractivity contribution in [3.63, 3.8) is 0 Å². The van der Waals surface area contributed by atoms with Crippen molar-refractivity contribution in [1.29, 1.82) is 0 Å². The average Bonchev–Trinajstić information content (AvgIpc) is 3.09. The molecule has 0 saturated carbocycles. The molecule has 2 aromatic carbocycles. The lowest BCUT2D eigenvalue weighted by molar-refractivity contribution is -0.385. The molecule has 1 aromatic heterocycles. The van der Waals surface area contributed by atoms with Crippen molar-refractivity contribution in [2.45, 2.75) is 32.3 Å². The van der Waals surface area contributed by atoms with Crippen LogP contribution in [0.4, 0.5) is 17.1 Å². The number of aryl methyl sites for hydroxylation is 3. The first-order valence-corrected chi connectivity index (χ1v) is 11.1. The zero-order chi connectivity index (χ0) is 24.1. The minimum Gasteiger partial charge on any atom is -0.326 e. The predicted molar refractivity (Wildman–Crippen MR) is 126 cm³/mol. The Morgan fingerprint density at radius 3 is 2.27 bits per heavy atom. The van der Waals surface area contributed by atoms with Crippen molar-refractivity contribution in [3.05, 3.63) is 69.0 Å². The second kappa shape index (κ2) is 10.3. The molecule has 0 bridgehead atoms. The number of carbonyl (C=O) groups excluding carboxylic acids is 2. The summed E-state index contributed by atoms with van der Waals surface area (Å²) in [5, 5.41) is 25.1. The molecule has 0 saturated heterocycles. The maximum atomic E-state index is 12.4. The van der Waals surface area contributed by atoms with E-state index in [9.17, 15) is 19.7 Å². The first-order chi connectivity index (χ1) is 15.6. The summed E-state index contributed by atoms with van der Waals surface area (Å²) in [5.74, 6) is -0.0599. The quantitative estimate of drug-likeness (QED) is 0.293. The fraction of sp³-hybridized carbons (Fsp3) is 0.273. The number of nitro groups is 1. The van der Waals surface area contributed by atoms with Gasteiger partial charge >= 0.3 is 0 Å². The summed E-state index contributed by atoms with van der Waals surface area (Å²) < 4.78 is 1.66. The third kappa shape index (κ3) is 6.16. The molecule has 2 N–H and O–H groups in total. The van der Waals surface area contributed by atoms with E-state index in [0.717, 1.165) is 22.9 Å². The Morgan fingerprint density at radius 2 is 1.61 bits per heavy atom. The number of amides is 2. The van der Waals surface area contributed by atoms with E-state index < -0.39 is 4.92 Å². The molecule has 1 heterocycles. The van der Waals surface area contributed by atoms with Gasteiger partial charge < -0.3 is 15.2 Å². The maximum Gasteiger partial charge on any atom is 0.274 e. The molecule has 172 valence electrons. The number of hydrogen-bond donors (Lipinski definition) is 2. The lowest BCUT2D eigenvalue weighted by atomic mass is 10.1. The van der Waals surface area contributed by atoms with Crippen LogP contribution >= 0.6 is 11.8 Å². The summed E-state index contributed by atoms with van der Waals surface area (Å²) in [4.78, 5) is 35.2. The van der Waals surface area contributed by atoms with Gasteiger partial charge in [-0.15, -0.1) is 10.2 Å². The van der Waals surface area contributed by atoms with Gasteiger partial charge in [0, 0.05) is 30.1 Å². The van der Waals surface area contributed by atoms with Gasteiger partial charge in [-0.1, -0.05) is 23.9 Å². The lowest BCUT2D eigenvalue weighted by Gasteiger charge is -2.08. The highest BCUT2D eigenvalue weighted by molar-refractivity contribution is 7.99. The van der Waals surface area contributed by atoms with Crippen molar-refractivity contribution in [2.75, 3.05) is 16.4 Å². The van der Waals surface area contributed by atoms with Crippen LogP contribution in [0.5, 0.6) is 0 Å². The Labute approximate surface area is 194 Å². The standard InChI is InChI=1S/C22H24N6O4S/c1-13-5-7-16(9-15(13)3)23-20(29)11-19-25-26-22(27(19)4)33-12-21(30)24-17-8-6-14(2)18(10-17)28(31)32/h5-10H,11-12H2,1-4H3,(H,23,29)(H,24,30). The summed E-state index contributed by atoms with van der Waals surface area (Å²) in [6.45, 7) is 5.62. The SMILES string of the molecule is Cc1ccc(NC(=O)Cc2nnc(SCC(=O)Nc3ccc(C)c([N+](=O)[O-])c3)n2C)cc1C. The van der Waals surface area contributed by atoms with E-state index in [1.165, 1.54) is 6.07 Å². The van der Waals surface area contributed by atoms with Crippen LogP contribution in [0.15, 0.2) is 41.6 Å². The highest BCUT2D eigenvalue weighted by atomic mass is 32.2. The van der Waals surface area contributed by atoms with Gasteiger partial charge in [0.1, 0.15) is 5.82 Å². The number of hydrogen-bond acceptors (Lipinski definition) is 7. The summed E-state index contributed by atoms with van der Waals surface area (Å²) in [6, 6.07) is 10.2. The molecular weight excluding hydrogens is 444 g/mol. The zero-order valence-corrected chi connectivity index (χ0v) is 19.5. The van der Waals surface area contributed by atoms with Gasteiger partial charge in [-0.25, -0.2) is 0 Å². The molecule has 3 aromatic rings. The van der Waals surface area contributed by atoms with Gasteiger partial charge in [0.25, 0.3) is 5.69 Å². The zero-order valence-electron chi connectivity index (χ0n) is 18.7. The topological polar surface area (TPSA) is 132 Å². The van der Waals surface area contributed by atoms with Gasteiger partial charge in [0.15, 0.2) is 5.16 Å². The number of nitrogens with one attached hydrogen (secondary N) is 2. The molecule has 0 radical (unpaired) electrons. The van der Waals surface area contributed by atoms with Crippen LogP contribution in [0.1, 0.15) is 22.5 Å². The number of nitrogens with zero attached hydrogens (tertiary/aromatic N) is 4. The van der Waals surface area contributed by atoms with Crippen molar-refractivity contribution < 1.29 is 14.5 Å². The Kier molecular flexibility index (Phi) is 7.44. The number of benzene rings is 2. The van der Waals surface area contributed by atoms with E-state index in [0.29, 0.717) is 27.9 Å². The van der Waals surface area contributed by atoms with Crippen molar-refractivity contribution in [2.24, 2.45) is 7.05 Å². The summed E-state index contributed by atoms with van der Waals surface area (Å²) in [5.41, 5.74) is 3.75. The third-order valence-electron chi connectivity index (χ3n) is 5.06. The van der Waals surface area contributed by atoms with Gasteiger partial charge in [-0.3, -0.25) is 19.7 Å². The highest BCUT2D eigenvalue weighted by Crippen LogP contribution is 2.23. The van der Waals surface area contributed by atoms with E-state index in [1.807, 2.05) is 32.0 Å². The normalized spacial score (nSPS) is 10.7. The van der Waals surface area contributed by atoms with E-state index in [2.05, 4.69) is 20.8 Å². The van der Waals surface area contributed by atoms with Crippen LogP contribution < -0.4 is 10.6 Å². The van der Waals surface area contributed by atoms with Crippen LogP contribution in [0, 0.1) is 30.9 Å². The fourth-order valence-electron chi connectivity index (χ4n) is 3.00. The molecule has 2 amide bonds. The Morgan fingerprint density at radius 1 is 0.970 bits per heavy atom. The first-order valence-electron chi connectivity index (χ1n) is 10.1. The molecule has 0 fully saturated rings. The molecule has 0 aliphatic heterocycles. The smallest absolute Gasteiger partial charge is 0.274 e. The van der Waals surface area contributed by atoms with Crippen molar-refractivity contribution >= 4 is 40.6 Å². The van der Waals surface area contributed by atoms with Crippen LogP contribution in [-0.2, 0) is 23.1 Å². The monoisotopic (exact) mass is 468 g/mol. The van der Waals surface area contributed by atoms with Gasteiger partial charge in [0.05, 0.1) is 17.1 Å². The van der Waals surface area contributed by atoms with E-state index in [1.54, 1.807) is 30.7 Å². The molecule has 3 rings (SSSR count). The lowest BCUT2D eigenvalue weighted by Crippen LogP contribution is -2.17. The summed E-state index contributed by atoms with van der Waals surface area (Å²) >= 11 is 1.16. The third-order valence-corrected chi connectivity index (χ3v) is 6.08. The van der Waals surface area contributed by atoms with Crippen LogP contribution in [0.3, 0.4) is 0 Å². The van der Waals surface area contributed by atoms with Crippen molar-refractivity contribution in [3.8, 4) is 0 Å². The predicted octanol–water partition coefficient (Wildman–Crippen LogP) is 3.56. The number of carbonyl (C=O) groups is 2. The number of aromatic nitrogens is 3. The summed E-state index contributed by atoms with van der Waals surface area (Å²) in [7, 11) is 1.72. The molecule has 0 aliphatic rings. The fourth-order valence-corrected chi connectivity index (χ4v) is 3.73. The number of thioether (sulfide) groups is 1. The van der Waals surface area contributed by atoms with E-state index >= 15 is 0 Å². The second-order valence-electron chi connectivity index (χ2n) is 7.58. The molecule has 0 spiro atoms. The van der Waals surface area contributed by atoms with Gasteiger partial charge in [-0.05, 0) is 50.1 Å². The molecule has 0 unspecified atom stereocenters. The molecule has 0 atom stereocenters. The number of anilines is 2. The first kappa shape index (κ1) is 23.9. The largest absolute Gasteiger partial charge is 0.326 e. The van der Waals surface area contributed by atoms with Crippen LogP contribution in [-0.4, -0.2) is 37.3 Å². The molecule has 10 nitrogen and oxygen atoms in total. The molecule has 11 heteroatoms. The number of nitro benzene ring substituents is 1. The van der Waals surface area contributed by atoms with E-state index in [4.69, 9.17) is 0 Å². The van der Waals surface area contributed by atoms with Crippen molar-refractivity contribution in [1.82, 2.24) is 14.8 Å². The molecule has 0 aliphatic carbocycles. The second-order valence-corrected chi connectivity index (χ2v) is 8.52. The number of rotatable bonds is 8. The van der Waals surface area contributed by atoms with Crippen LogP contribution in [0.2, 0.25) is 0 Å². The highest BCUT2D eigenvalue weighted by Gasteiger charge is 2.16. The molecular formula is C22H24N6O4S. The molecule has 33 heavy (non-hydrogen) atoms. The van der Waals surface area contributed by atoms with Crippen LogP contribution in [0.25, 0.3) is 0 Å². The van der Waals surface area contributed by atoms with Gasteiger partial charge in [0.2, 0.25) is 11.8 Å². The Balaban J connectivity index is 1.55. The van der Waals surface area contributed by atoms with E-state index in [-0.39, 0.29) is 29.7 Å². The average molecular weight is 469 g/mol. The summed E-state index contributed by atoms with van der Waals surface area (Å²) in [6.07, 6.45) is 0.0379. The Bertz CT molecular complexity index is 1220. The maximum absolute atomic E-state index is 12.4. The van der Waals surface area contributed by atoms with Gasteiger partial charge in [-0.2, -0.15) is 0 Å². The minimum absolute atomic E-state index is 0.0302. The Hall–Kier alpha value is -3.73. The minimum atomic E-state index is -0.489.